The second-order valence-corrected chi connectivity index (χ2v) is 4.17. The highest BCUT2D eigenvalue weighted by Gasteiger charge is 2.60. The quantitative estimate of drug-likeness (QED) is 0.408. The number of ketones is 1. The normalized spacial score (nSPS) is 41.2. The minimum absolute atomic E-state index is 0.0231. The minimum atomic E-state index is -1.08. The minimum Gasteiger partial charge on any atom is -0.296 e. The highest BCUT2D eigenvalue weighted by molar-refractivity contribution is 6.61. The van der Waals surface area contributed by atoms with Gasteiger partial charge in [0.25, 0.3) is 0 Å². The fourth-order valence-electron chi connectivity index (χ4n) is 1.60. The Bertz CT molecular complexity index is 220. The molecule has 0 unspecified atom stereocenters. The van der Waals surface area contributed by atoms with Gasteiger partial charge in [-0.1, -0.05) is 35.4 Å². The number of halogens is 2. The zero-order chi connectivity index (χ0) is 7.35. The average molecular weight is 177 g/mol. The van der Waals surface area contributed by atoms with Gasteiger partial charge in [0, 0.05) is 11.8 Å². The predicted octanol–water partition coefficient (Wildman–Crippen LogP) is 1.94. The summed E-state index contributed by atoms with van der Waals surface area (Å²) in [5.41, 5.74) is 0. The first-order valence-corrected chi connectivity index (χ1v) is 3.98. The van der Waals surface area contributed by atoms with Crippen molar-refractivity contribution in [1.29, 1.82) is 0 Å². The van der Waals surface area contributed by atoms with Crippen molar-refractivity contribution < 1.29 is 4.79 Å². The summed E-state index contributed by atoms with van der Waals surface area (Å²) in [5, 5.41) is 0. The molecule has 0 aliphatic heterocycles. The van der Waals surface area contributed by atoms with Gasteiger partial charge in [0.15, 0.2) is 10.1 Å². The molecule has 1 fully saturated rings. The monoisotopic (exact) mass is 176 g/mol. The van der Waals surface area contributed by atoms with E-state index in [0.29, 0.717) is 0 Å². The van der Waals surface area contributed by atoms with Crippen molar-refractivity contribution in [3.63, 3.8) is 0 Å². The highest BCUT2D eigenvalue weighted by Crippen LogP contribution is 2.53. The van der Waals surface area contributed by atoms with Crippen LogP contribution in [0.5, 0.6) is 0 Å². The van der Waals surface area contributed by atoms with Gasteiger partial charge in [-0.05, 0) is 6.42 Å². The molecule has 0 bridgehead atoms. The number of hydrogen-bond acceptors (Lipinski definition) is 1. The largest absolute Gasteiger partial charge is 0.296 e. The van der Waals surface area contributed by atoms with Crippen molar-refractivity contribution in [2.45, 2.75) is 10.8 Å². The molecule has 1 saturated carbocycles. The third-order valence-corrected chi connectivity index (χ3v) is 3.20. The van der Waals surface area contributed by atoms with Crippen LogP contribution in [0.2, 0.25) is 0 Å². The van der Waals surface area contributed by atoms with E-state index in [1.54, 1.807) is 0 Å². The smallest absolute Gasteiger partial charge is 0.180 e. The van der Waals surface area contributed by atoms with Gasteiger partial charge in [0.2, 0.25) is 0 Å². The number of alkyl halides is 2. The molecule has 0 saturated heterocycles. The highest BCUT2D eigenvalue weighted by atomic mass is 35.5. The van der Waals surface area contributed by atoms with Crippen LogP contribution in [0.3, 0.4) is 0 Å². The van der Waals surface area contributed by atoms with Crippen LogP contribution in [0.15, 0.2) is 12.2 Å². The molecule has 0 N–H and O–H groups in total. The van der Waals surface area contributed by atoms with E-state index in [9.17, 15) is 4.79 Å². The molecule has 2 aliphatic carbocycles. The Hall–Kier alpha value is -0.0100. The van der Waals surface area contributed by atoms with Crippen LogP contribution in [-0.2, 0) is 4.79 Å². The number of carbonyl (C=O) groups is 1. The Kier molecular flexibility index (Phi) is 1.19. The zero-order valence-corrected chi connectivity index (χ0v) is 6.69. The van der Waals surface area contributed by atoms with E-state index >= 15 is 0 Å². The second-order valence-electron chi connectivity index (χ2n) is 2.78. The van der Waals surface area contributed by atoms with Crippen LogP contribution >= 0.6 is 23.2 Å². The predicted molar refractivity (Wildman–Crippen MR) is 40.2 cm³/mol. The third-order valence-electron chi connectivity index (χ3n) is 2.26. The van der Waals surface area contributed by atoms with E-state index in [2.05, 4.69) is 0 Å². The summed E-state index contributed by atoms with van der Waals surface area (Å²) in [6.45, 7) is 0. The second kappa shape index (κ2) is 1.77. The molecule has 54 valence electrons. The molecule has 0 spiro atoms. The van der Waals surface area contributed by atoms with E-state index in [4.69, 9.17) is 23.2 Å². The van der Waals surface area contributed by atoms with Crippen LogP contribution < -0.4 is 0 Å². The lowest BCUT2D eigenvalue weighted by molar-refractivity contribution is -0.132. The van der Waals surface area contributed by atoms with Gasteiger partial charge in [0.1, 0.15) is 0 Å². The molecule has 0 amide bonds. The van der Waals surface area contributed by atoms with Crippen molar-refractivity contribution in [3.8, 4) is 0 Å². The van der Waals surface area contributed by atoms with Crippen LogP contribution in [0.4, 0.5) is 0 Å². The molecule has 0 aromatic heterocycles. The van der Waals surface area contributed by atoms with Gasteiger partial charge < -0.3 is 0 Å². The van der Waals surface area contributed by atoms with E-state index in [0.717, 1.165) is 6.42 Å². The standard InChI is InChI=1S/C7H6Cl2O/c8-7(9)5-3-1-2-4(5)6(7)10/h1-2,4-5H,3H2/t4-,5-/m1/s1. The first-order chi connectivity index (χ1) is 4.64. The third kappa shape index (κ3) is 0.578. The SMILES string of the molecule is O=C1[C@@H]2C=CC[C@H]2C1(Cl)Cl. The maximum absolute atomic E-state index is 11.0. The van der Waals surface area contributed by atoms with Crippen LogP contribution in [-0.4, -0.2) is 10.1 Å². The number of hydrogen-bond donors (Lipinski definition) is 0. The molecule has 0 aromatic rings. The Morgan fingerprint density at radius 3 is 2.90 bits per heavy atom. The number of allylic oxidation sites excluding steroid dienone is 2. The van der Waals surface area contributed by atoms with Crippen molar-refractivity contribution in [3.05, 3.63) is 12.2 Å². The maximum Gasteiger partial charge on any atom is 0.180 e. The molecule has 0 aromatic carbocycles. The first kappa shape index (κ1) is 6.68. The zero-order valence-electron chi connectivity index (χ0n) is 5.18. The molecule has 0 heterocycles. The van der Waals surface area contributed by atoms with E-state index in [1.807, 2.05) is 12.2 Å². The molecule has 0 radical (unpaired) electrons. The molecular weight excluding hydrogens is 171 g/mol. The Balaban J connectivity index is 2.28. The molecule has 3 heteroatoms. The van der Waals surface area contributed by atoms with Crippen molar-refractivity contribution >= 4 is 29.0 Å². The van der Waals surface area contributed by atoms with Gasteiger partial charge in [0.05, 0.1) is 0 Å². The van der Waals surface area contributed by atoms with Gasteiger partial charge in [-0.3, -0.25) is 4.79 Å². The Morgan fingerprint density at radius 1 is 1.60 bits per heavy atom. The Morgan fingerprint density at radius 2 is 2.30 bits per heavy atom. The summed E-state index contributed by atoms with van der Waals surface area (Å²) in [5.74, 6) is 0.146. The summed E-state index contributed by atoms with van der Waals surface area (Å²) in [6, 6.07) is 0. The molecular formula is C7H6Cl2O. The Labute approximate surface area is 69.0 Å². The van der Waals surface area contributed by atoms with Gasteiger partial charge in [-0.25, -0.2) is 0 Å². The maximum atomic E-state index is 11.0. The fraction of sp³-hybridized carbons (Fsp3) is 0.571. The summed E-state index contributed by atoms with van der Waals surface area (Å²) in [6.07, 6.45) is 4.72. The number of carbonyl (C=O) groups excluding carboxylic acids is 1. The van der Waals surface area contributed by atoms with Gasteiger partial charge in [-0.15, -0.1) is 0 Å². The van der Waals surface area contributed by atoms with Crippen LogP contribution in [0.1, 0.15) is 6.42 Å². The first-order valence-electron chi connectivity index (χ1n) is 3.23. The van der Waals surface area contributed by atoms with Crippen molar-refractivity contribution in [1.82, 2.24) is 0 Å². The lowest BCUT2D eigenvalue weighted by atomic mass is 9.73. The molecule has 2 rings (SSSR count). The molecule has 1 nitrogen and oxygen atoms in total. The average Bonchev–Trinajstić information content (AvgIpc) is 2.31. The summed E-state index contributed by atoms with van der Waals surface area (Å²) < 4.78 is -1.08. The van der Waals surface area contributed by atoms with Crippen molar-refractivity contribution in [2.24, 2.45) is 11.8 Å². The topological polar surface area (TPSA) is 17.1 Å². The fourth-order valence-corrected chi connectivity index (χ4v) is 2.31. The van der Waals surface area contributed by atoms with Gasteiger partial charge in [-0.2, -0.15) is 0 Å². The summed E-state index contributed by atoms with van der Waals surface area (Å²) in [7, 11) is 0. The number of fused-ring (bicyclic) bond motifs is 1. The number of Topliss-reactive ketones (excluding diaryl/α,β-unsaturated/α-hetero) is 1. The van der Waals surface area contributed by atoms with Gasteiger partial charge >= 0.3 is 0 Å². The molecule has 10 heavy (non-hydrogen) atoms. The van der Waals surface area contributed by atoms with E-state index in [1.165, 1.54) is 0 Å². The summed E-state index contributed by atoms with van der Waals surface area (Å²) >= 11 is 11.5. The molecule has 2 aliphatic rings. The lowest BCUT2D eigenvalue weighted by Crippen LogP contribution is -2.53. The molecule has 2 atom stereocenters. The van der Waals surface area contributed by atoms with Crippen molar-refractivity contribution in [2.75, 3.05) is 0 Å². The van der Waals surface area contributed by atoms with Crippen LogP contribution in [0.25, 0.3) is 0 Å². The van der Waals surface area contributed by atoms with Crippen LogP contribution in [0, 0.1) is 11.8 Å². The van der Waals surface area contributed by atoms with E-state index < -0.39 is 4.33 Å². The lowest BCUT2D eigenvalue weighted by Gasteiger charge is -2.40. The summed E-state index contributed by atoms with van der Waals surface area (Å²) in [4.78, 5) is 11.0. The number of rotatable bonds is 0. The van der Waals surface area contributed by atoms with E-state index in [-0.39, 0.29) is 17.6 Å².